The first-order chi connectivity index (χ1) is 14.2. The summed E-state index contributed by atoms with van der Waals surface area (Å²) >= 11 is 0. The Labute approximate surface area is 178 Å². The predicted molar refractivity (Wildman–Crippen MR) is 113 cm³/mol. The maximum absolute atomic E-state index is 13.3. The van der Waals surface area contributed by atoms with E-state index in [0.29, 0.717) is 41.2 Å². The lowest BCUT2D eigenvalue weighted by atomic mass is 10.0. The largest absolute Gasteiger partial charge is 0.467 e. The van der Waals surface area contributed by atoms with Gasteiger partial charge in [0.1, 0.15) is 11.5 Å². The molecule has 0 N–H and O–H groups in total. The van der Waals surface area contributed by atoms with Gasteiger partial charge in [-0.25, -0.2) is 4.79 Å². The minimum Gasteiger partial charge on any atom is -0.467 e. The summed E-state index contributed by atoms with van der Waals surface area (Å²) in [6, 6.07) is 3.53. The van der Waals surface area contributed by atoms with Crippen LogP contribution in [0.25, 0.3) is 0 Å². The van der Waals surface area contributed by atoms with Crippen LogP contribution in [-0.4, -0.2) is 40.3 Å². The summed E-state index contributed by atoms with van der Waals surface area (Å²) in [6.45, 7) is 12.1. The Hall–Kier alpha value is -2.83. The highest BCUT2D eigenvalue weighted by Crippen LogP contribution is 2.24. The number of furan rings is 1. The average molecular weight is 417 g/mol. The van der Waals surface area contributed by atoms with Crippen molar-refractivity contribution >= 4 is 17.7 Å². The highest BCUT2D eigenvalue weighted by Gasteiger charge is 2.28. The Bertz CT molecular complexity index is 893. The van der Waals surface area contributed by atoms with Crippen molar-refractivity contribution in [2.45, 2.75) is 61.1 Å². The van der Waals surface area contributed by atoms with Crippen molar-refractivity contribution < 1.29 is 23.5 Å². The molecule has 1 amide bonds. The number of Topliss-reactive ketones (excluding diaryl/α,β-unsaturated/α-hetero) is 1. The van der Waals surface area contributed by atoms with Crippen LogP contribution in [0.5, 0.6) is 0 Å². The first-order valence-electron chi connectivity index (χ1n) is 10.4. The molecule has 0 aliphatic rings. The van der Waals surface area contributed by atoms with E-state index in [1.807, 2.05) is 27.7 Å². The second-order valence-corrected chi connectivity index (χ2v) is 7.75. The number of amides is 1. The fourth-order valence-electron chi connectivity index (χ4n) is 3.72. The number of ketones is 1. The van der Waals surface area contributed by atoms with Crippen molar-refractivity contribution in [2.75, 3.05) is 13.2 Å². The summed E-state index contributed by atoms with van der Waals surface area (Å²) < 4.78 is 12.4. The second kappa shape index (κ2) is 10.3. The monoisotopic (exact) mass is 416 g/mol. The van der Waals surface area contributed by atoms with Crippen LogP contribution in [0.15, 0.2) is 22.8 Å². The molecule has 7 heteroatoms. The van der Waals surface area contributed by atoms with Gasteiger partial charge < -0.3 is 18.6 Å². The van der Waals surface area contributed by atoms with Gasteiger partial charge in [-0.05, 0) is 51.3 Å². The Morgan fingerprint density at radius 1 is 1.20 bits per heavy atom. The lowest BCUT2D eigenvalue weighted by Crippen LogP contribution is -2.36. The van der Waals surface area contributed by atoms with Gasteiger partial charge in [0.25, 0.3) is 0 Å². The molecule has 7 nitrogen and oxygen atoms in total. The van der Waals surface area contributed by atoms with E-state index in [1.165, 1.54) is 4.90 Å². The van der Waals surface area contributed by atoms with Gasteiger partial charge in [-0.2, -0.15) is 0 Å². The van der Waals surface area contributed by atoms with Crippen LogP contribution in [0.4, 0.5) is 0 Å². The third kappa shape index (κ3) is 5.20. The number of nitrogens with zero attached hydrogens (tertiary/aromatic N) is 2. The van der Waals surface area contributed by atoms with Crippen LogP contribution < -0.4 is 0 Å². The number of esters is 1. The molecule has 164 valence electrons. The number of rotatable bonds is 10. The van der Waals surface area contributed by atoms with Gasteiger partial charge in [-0.1, -0.05) is 13.8 Å². The fraction of sp³-hybridized carbons (Fsp3) is 0.522. The quantitative estimate of drug-likeness (QED) is 0.429. The van der Waals surface area contributed by atoms with Gasteiger partial charge in [-0.3, -0.25) is 9.59 Å². The van der Waals surface area contributed by atoms with Crippen LogP contribution in [-0.2, 0) is 22.6 Å². The molecule has 2 aromatic heterocycles. The van der Waals surface area contributed by atoms with E-state index in [0.717, 1.165) is 0 Å². The fourth-order valence-corrected chi connectivity index (χ4v) is 3.72. The molecule has 2 heterocycles. The number of aromatic nitrogens is 1. The maximum Gasteiger partial charge on any atom is 0.355 e. The molecule has 0 saturated heterocycles. The Morgan fingerprint density at radius 2 is 1.90 bits per heavy atom. The molecule has 0 saturated carbocycles. The zero-order valence-corrected chi connectivity index (χ0v) is 18.8. The van der Waals surface area contributed by atoms with Crippen molar-refractivity contribution in [3.8, 4) is 0 Å². The first kappa shape index (κ1) is 23.4. The molecule has 0 atom stereocenters. The standard InChI is InChI=1S/C23H32N2O5/c1-7-25-17(6)21(16(5)22(25)23(28)29-8-2)19(26)14-24(20(27)12-15(3)4)13-18-10-9-11-30-18/h9-11,15H,7-8,12-14H2,1-6H3. The van der Waals surface area contributed by atoms with E-state index in [1.54, 1.807) is 36.8 Å². The minimum atomic E-state index is -0.442. The molecule has 30 heavy (non-hydrogen) atoms. The molecule has 0 aromatic carbocycles. The number of carbonyl (C=O) groups excluding carboxylic acids is 3. The molecular weight excluding hydrogens is 384 g/mol. The summed E-state index contributed by atoms with van der Waals surface area (Å²) in [5.41, 5.74) is 2.16. The molecule has 0 radical (unpaired) electrons. The molecule has 2 rings (SSSR count). The van der Waals surface area contributed by atoms with E-state index in [9.17, 15) is 14.4 Å². The van der Waals surface area contributed by atoms with Crippen LogP contribution in [0.2, 0.25) is 0 Å². The first-order valence-corrected chi connectivity index (χ1v) is 10.4. The molecule has 0 unspecified atom stereocenters. The summed E-state index contributed by atoms with van der Waals surface area (Å²) in [6.07, 6.45) is 1.89. The zero-order chi connectivity index (χ0) is 22.4. The van der Waals surface area contributed by atoms with E-state index >= 15 is 0 Å². The lowest BCUT2D eigenvalue weighted by Gasteiger charge is -2.22. The summed E-state index contributed by atoms with van der Waals surface area (Å²) in [5, 5.41) is 0. The summed E-state index contributed by atoms with van der Waals surface area (Å²) in [5.74, 6) is 0.0396. The highest BCUT2D eigenvalue weighted by atomic mass is 16.5. The van der Waals surface area contributed by atoms with Crippen molar-refractivity contribution in [3.63, 3.8) is 0 Å². The van der Waals surface area contributed by atoms with Crippen molar-refractivity contribution in [3.05, 3.63) is 46.7 Å². The number of hydrogen-bond acceptors (Lipinski definition) is 5. The molecule has 0 spiro atoms. The zero-order valence-electron chi connectivity index (χ0n) is 18.8. The van der Waals surface area contributed by atoms with E-state index in [4.69, 9.17) is 9.15 Å². The third-order valence-electron chi connectivity index (χ3n) is 5.03. The molecular formula is C23H32N2O5. The van der Waals surface area contributed by atoms with Crippen molar-refractivity contribution in [2.24, 2.45) is 5.92 Å². The van der Waals surface area contributed by atoms with E-state index in [-0.39, 0.29) is 37.3 Å². The van der Waals surface area contributed by atoms with Crippen molar-refractivity contribution in [1.29, 1.82) is 0 Å². The number of hydrogen-bond donors (Lipinski definition) is 0. The lowest BCUT2D eigenvalue weighted by molar-refractivity contribution is -0.132. The number of carbonyl (C=O) groups is 3. The molecule has 2 aromatic rings. The minimum absolute atomic E-state index is 0.0794. The third-order valence-corrected chi connectivity index (χ3v) is 5.03. The van der Waals surface area contributed by atoms with Crippen LogP contribution in [0.1, 0.15) is 72.0 Å². The van der Waals surface area contributed by atoms with Gasteiger partial charge in [0.2, 0.25) is 5.91 Å². The second-order valence-electron chi connectivity index (χ2n) is 7.75. The maximum atomic E-state index is 13.3. The van der Waals surface area contributed by atoms with Gasteiger partial charge in [0, 0.05) is 24.2 Å². The van der Waals surface area contributed by atoms with E-state index in [2.05, 4.69) is 0 Å². The highest BCUT2D eigenvalue weighted by molar-refractivity contribution is 6.04. The summed E-state index contributed by atoms with van der Waals surface area (Å²) in [4.78, 5) is 40.1. The van der Waals surface area contributed by atoms with Crippen LogP contribution >= 0.6 is 0 Å². The predicted octanol–water partition coefficient (Wildman–Crippen LogP) is 4.15. The summed E-state index contributed by atoms with van der Waals surface area (Å²) in [7, 11) is 0. The molecule has 0 aliphatic carbocycles. The molecule has 0 bridgehead atoms. The van der Waals surface area contributed by atoms with Crippen LogP contribution in [0, 0.1) is 19.8 Å². The topological polar surface area (TPSA) is 81.8 Å². The molecule has 0 fully saturated rings. The SMILES string of the molecule is CCOC(=O)c1c(C)c(C(=O)CN(Cc2ccco2)C(=O)CC(C)C)c(C)n1CC. The smallest absolute Gasteiger partial charge is 0.355 e. The van der Waals surface area contributed by atoms with Gasteiger partial charge >= 0.3 is 5.97 Å². The van der Waals surface area contributed by atoms with Gasteiger partial charge in [-0.15, -0.1) is 0 Å². The Balaban J connectivity index is 2.36. The van der Waals surface area contributed by atoms with Gasteiger partial charge in [0.15, 0.2) is 5.78 Å². The average Bonchev–Trinajstić information content (AvgIpc) is 3.26. The number of ether oxygens (including phenoxy) is 1. The Morgan fingerprint density at radius 3 is 2.43 bits per heavy atom. The van der Waals surface area contributed by atoms with E-state index < -0.39 is 5.97 Å². The molecule has 0 aliphatic heterocycles. The normalized spacial score (nSPS) is 11.0. The van der Waals surface area contributed by atoms with Gasteiger partial charge in [0.05, 0.1) is 26.0 Å². The van der Waals surface area contributed by atoms with Crippen molar-refractivity contribution in [1.82, 2.24) is 9.47 Å². The van der Waals surface area contributed by atoms with Crippen LogP contribution in [0.3, 0.4) is 0 Å². The Kier molecular flexibility index (Phi) is 8.03.